The summed E-state index contributed by atoms with van der Waals surface area (Å²) in [6, 6.07) is 7.51. The summed E-state index contributed by atoms with van der Waals surface area (Å²) in [5.74, 6) is 0. The minimum Gasteiger partial charge on any atom is -0.397 e. The number of halogens is 3. The van der Waals surface area contributed by atoms with Gasteiger partial charge in [-0.3, -0.25) is 10.4 Å². The van der Waals surface area contributed by atoms with Crippen LogP contribution >= 0.6 is 11.3 Å². The maximum atomic E-state index is 12.4. The van der Waals surface area contributed by atoms with Gasteiger partial charge in [-0.15, -0.1) is 11.3 Å². The number of pyridine rings is 1. The van der Waals surface area contributed by atoms with Crippen molar-refractivity contribution in [2.45, 2.75) is 45.2 Å². The molecule has 7 heteroatoms. The van der Waals surface area contributed by atoms with Gasteiger partial charge in [-0.1, -0.05) is 26.2 Å². The van der Waals surface area contributed by atoms with E-state index in [0.717, 1.165) is 16.9 Å². The van der Waals surface area contributed by atoms with Gasteiger partial charge in [0, 0.05) is 21.5 Å². The lowest BCUT2D eigenvalue weighted by molar-refractivity contribution is -0.0583. The Hall–Kier alpha value is -2.15. The van der Waals surface area contributed by atoms with Crippen molar-refractivity contribution in [3.63, 3.8) is 0 Å². The van der Waals surface area contributed by atoms with E-state index in [1.807, 2.05) is 6.07 Å². The van der Waals surface area contributed by atoms with Crippen LogP contribution in [0.25, 0.3) is 16.1 Å². The summed E-state index contributed by atoms with van der Waals surface area (Å²) in [6.07, 6.45) is 3.41. The molecule has 0 radical (unpaired) electrons. The van der Waals surface area contributed by atoms with Crippen LogP contribution in [0.4, 0.5) is 13.2 Å². The second kappa shape index (κ2) is 8.98. The molecule has 0 atom stereocenters. The highest BCUT2D eigenvalue weighted by atomic mass is 32.1. The smallest absolute Gasteiger partial charge is 0.397 e. The lowest BCUT2D eigenvalue weighted by atomic mass is 10.1. The van der Waals surface area contributed by atoms with Crippen molar-refractivity contribution in [1.29, 1.82) is 5.41 Å². The molecule has 2 aromatic heterocycles. The van der Waals surface area contributed by atoms with Crippen LogP contribution in [0, 0.1) is 5.41 Å². The van der Waals surface area contributed by atoms with E-state index in [4.69, 9.17) is 11.1 Å². The number of hydrogen-bond acceptors (Lipinski definition) is 4. The summed E-state index contributed by atoms with van der Waals surface area (Å²) >= 11 is 1.70. The molecular weight excluding hydrogens is 359 g/mol. The van der Waals surface area contributed by atoms with Gasteiger partial charge in [0.15, 0.2) is 0 Å². The maximum Gasteiger partial charge on any atom is 0.432 e. The van der Waals surface area contributed by atoms with Crippen LogP contribution in [-0.4, -0.2) is 16.9 Å². The fraction of sp³-hybridized carbons (Fsp3) is 0.368. The minimum absolute atomic E-state index is 0.179. The molecule has 2 aromatic rings. The van der Waals surface area contributed by atoms with E-state index in [-0.39, 0.29) is 11.4 Å². The molecule has 0 fully saturated rings. The minimum atomic E-state index is -4.71. The van der Waals surface area contributed by atoms with Gasteiger partial charge in [0.2, 0.25) is 0 Å². The highest BCUT2D eigenvalue weighted by Crippen LogP contribution is 2.29. The van der Waals surface area contributed by atoms with Gasteiger partial charge in [0.25, 0.3) is 0 Å². The Labute approximate surface area is 155 Å². The molecule has 0 bridgehead atoms. The Morgan fingerprint density at radius 1 is 1.19 bits per heavy atom. The van der Waals surface area contributed by atoms with Gasteiger partial charge >= 0.3 is 6.18 Å². The SMILES string of the molecule is CCCCCCc1ccc(-c2ccc(/C(N)=C/C(=N)C(F)(F)F)nc2)s1. The third kappa shape index (κ3) is 5.69. The maximum absolute atomic E-state index is 12.4. The number of thiophene rings is 1. The third-order valence-corrected chi connectivity index (χ3v) is 5.08. The molecule has 0 aliphatic rings. The van der Waals surface area contributed by atoms with E-state index >= 15 is 0 Å². The summed E-state index contributed by atoms with van der Waals surface area (Å²) in [7, 11) is 0. The molecule has 0 spiro atoms. The van der Waals surface area contributed by atoms with Crippen molar-refractivity contribution in [2.75, 3.05) is 0 Å². The van der Waals surface area contributed by atoms with Crippen molar-refractivity contribution < 1.29 is 13.2 Å². The Morgan fingerprint density at radius 2 is 1.96 bits per heavy atom. The highest BCUT2D eigenvalue weighted by Gasteiger charge is 2.32. The summed E-state index contributed by atoms with van der Waals surface area (Å²) < 4.78 is 37.2. The van der Waals surface area contributed by atoms with Gasteiger partial charge in [0.1, 0.15) is 5.71 Å². The molecule has 0 aliphatic carbocycles. The second-order valence-corrected chi connectivity index (χ2v) is 7.19. The number of nitrogens with one attached hydrogen (secondary N) is 1. The van der Waals surface area contributed by atoms with Crippen molar-refractivity contribution in [2.24, 2.45) is 5.73 Å². The Morgan fingerprint density at radius 3 is 2.58 bits per heavy atom. The summed E-state index contributed by atoms with van der Waals surface area (Å²) in [5.41, 5.74) is 5.07. The Kier molecular flexibility index (Phi) is 6.97. The van der Waals surface area contributed by atoms with E-state index in [0.29, 0.717) is 6.08 Å². The number of hydrogen-bond donors (Lipinski definition) is 2. The first-order valence-corrected chi connectivity index (χ1v) is 9.31. The topological polar surface area (TPSA) is 62.8 Å². The van der Waals surface area contributed by atoms with Crippen LogP contribution in [-0.2, 0) is 6.42 Å². The van der Waals surface area contributed by atoms with Crippen LogP contribution in [0.2, 0.25) is 0 Å². The van der Waals surface area contributed by atoms with E-state index in [1.165, 1.54) is 30.6 Å². The molecule has 0 saturated carbocycles. The first kappa shape index (κ1) is 20.2. The molecule has 0 amide bonds. The monoisotopic (exact) mass is 381 g/mol. The van der Waals surface area contributed by atoms with Crippen LogP contribution in [0.1, 0.15) is 43.2 Å². The number of allylic oxidation sites excluding steroid dienone is 1. The van der Waals surface area contributed by atoms with Gasteiger partial charge in [-0.05, 0) is 43.2 Å². The molecule has 2 heterocycles. The fourth-order valence-corrected chi connectivity index (χ4v) is 3.45. The molecular formula is C19H22F3N3S. The predicted octanol–water partition coefficient (Wildman–Crippen LogP) is 5.81. The van der Waals surface area contributed by atoms with E-state index in [1.54, 1.807) is 29.7 Å². The zero-order valence-electron chi connectivity index (χ0n) is 14.6. The standard InChI is InChI=1S/C19H22F3N3S/c1-2-3-4-5-6-14-8-10-17(26-14)13-7-9-16(25-12-13)15(23)11-18(24)19(20,21)22/h7-12,24H,2-6,23H2,1H3/b15-11-,24-18?. The zero-order valence-corrected chi connectivity index (χ0v) is 15.4. The van der Waals surface area contributed by atoms with Gasteiger partial charge in [0.05, 0.1) is 11.4 Å². The molecule has 140 valence electrons. The largest absolute Gasteiger partial charge is 0.432 e. The number of unbranched alkanes of at least 4 members (excludes halogenated alkanes) is 3. The lowest BCUT2D eigenvalue weighted by Crippen LogP contribution is -2.20. The second-order valence-electron chi connectivity index (χ2n) is 6.02. The van der Waals surface area contributed by atoms with Crippen molar-refractivity contribution in [3.8, 4) is 10.4 Å². The van der Waals surface area contributed by atoms with Crippen LogP contribution < -0.4 is 5.73 Å². The quantitative estimate of drug-likeness (QED) is 0.447. The normalized spacial score (nSPS) is 12.4. The molecule has 0 unspecified atom stereocenters. The average Bonchev–Trinajstić information content (AvgIpc) is 3.07. The third-order valence-electron chi connectivity index (χ3n) is 3.89. The van der Waals surface area contributed by atoms with Crippen molar-refractivity contribution in [3.05, 3.63) is 47.1 Å². The Bertz CT molecular complexity index is 761. The van der Waals surface area contributed by atoms with Gasteiger partial charge in [-0.2, -0.15) is 13.2 Å². The highest BCUT2D eigenvalue weighted by molar-refractivity contribution is 7.15. The number of alkyl halides is 3. The first-order valence-electron chi connectivity index (χ1n) is 8.49. The lowest BCUT2D eigenvalue weighted by Gasteiger charge is -2.06. The number of nitrogens with zero attached hydrogens (tertiary/aromatic N) is 1. The summed E-state index contributed by atoms with van der Waals surface area (Å²) in [6.45, 7) is 2.19. The molecule has 0 aliphatic heterocycles. The number of rotatable bonds is 8. The molecule has 0 saturated heterocycles. The van der Waals surface area contributed by atoms with Crippen molar-refractivity contribution in [1.82, 2.24) is 4.98 Å². The van der Waals surface area contributed by atoms with Crippen LogP contribution in [0.5, 0.6) is 0 Å². The van der Waals surface area contributed by atoms with Crippen LogP contribution in [0.15, 0.2) is 36.5 Å². The summed E-state index contributed by atoms with van der Waals surface area (Å²) in [5, 5.41) is 6.97. The molecule has 2 rings (SSSR count). The number of aryl methyl sites for hydroxylation is 1. The zero-order chi connectivity index (χ0) is 19.2. The van der Waals surface area contributed by atoms with Crippen molar-refractivity contribution >= 4 is 22.7 Å². The molecule has 0 aromatic carbocycles. The summed E-state index contributed by atoms with van der Waals surface area (Å²) in [4.78, 5) is 6.52. The molecule has 26 heavy (non-hydrogen) atoms. The van der Waals surface area contributed by atoms with Gasteiger partial charge < -0.3 is 5.73 Å². The first-order chi connectivity index (χ1) is 12.3. The molecule has 3 N–H and O–H groups in total. The van der Waals surface area contributed by atoms with E-state index < -0.39 is 11.9 Å². The fourth-order valence-electron chi connectivity index (χ4n) is 2.42. The molecule has 3 nitrogen and oxygen atoms in total. The van der Waals surface area contributed by atoms with Gasteiger partial charge in [-0.25, -0.2) is 0 Å². The number of aromatic nitrogens is 1. The van der Waals surface area contributed by atoms with E-state index in [9.17, 15) is 13.2 Å². The predicted molar refractivity (Wildman–Crippen MR) is 101 cm³/mol. The van der Waals surface area contributed by atoms with E-state index in [2.05, 4.69) is 18.0 Å². The average molecular weight is 381 g/mol. The van der Waals surface area contributed by atoms with Crippen LogP contribution in [0.3, 0.4) is 0 Å². The number of nitrogens with two attached hydrogens (primary N) is 1. The Balaban J connectivity index is 2.04.